The van der Waals surface area contributed by atoms with Crippen molar-refractivity contribution >= 4 is 17.5 Å². The number of hydrogen-bond acceptors (Lipinski definition) is 4. The summed E-state index contributed by atoms with van der Waals surface area (Å²) in [5.74, 6) is 0.376. The van der Waals surface area contributed by atoms with Crippen molar-refractivity contribution in [1.29, 1.82) is 0 Å². The third-order valence-electron chi connectivity index (χ3n) is 4.59. The van der Waals surface area contributed by atoms with Crippen LogP contribution in [0.2, 0.25) is 0 Å². The van der Waals surface area contributed by atoms with Crippen LogP contribution in [0, 0.1) is 0 Å². The molecule has 130 valence electrons. The molecular weight excluding hydrogens is 310 g/mol. The van der Waals surface area contributed by atoms with Crippen molar-refractivity contribution in [2.75, 3.05) is 51.4 Å². The normalized spacial score (nSPS) is 20.8. The van der Waals surface area contributed by atoms with Crippen LogP contribution >= 0.6 is 0 Å². The smallest absolute Gasteiger partial charge is 0.254 e. The fraction of sp³-hybridized carbons (Fsp3) is 0.529. The van der Waals surface area contributed by atoms with Crippen LogP contribution in [0.15, 0.2) is 18.2 Å². The first-order chi connectivity index (χ1) is 11.6. The summed E-state index contributed by atoms with van der Waals surface area (Å²) >= 11 is 0. The van der Waals surface area contributed by atoms with Crippen LogP contribution in [0.4, 0.5) is 5.69 Å². The minimum atomic E-state index is -0.632. The lowest BCUT2D eigenvalue weighted by Crippen LogP contribution is -3.14. The number of nitrogens with one attached hydrogen (secondary N) is 2. The van der Waals surface area contributed by atoms with Gasteiger partial charge < -0.3 is 24.6 Å². The van der Waals surface area contributed by atoms with Gasteiger partial charge in [0.25, 0.3) is 5.91 Å². The molecule has 0 aromatic heterocycles. The summed E-state index contributed by atoms with van der Waals surface area (Å²) in [6, 6.07) is 4.93. The Hall–Kier alpha value is -2.12. The molecule has 2 N–H and O–H groups in total. The van der Waals surface area contributed by atoms with Crippen molar-refractivity contribution in [1.82, 2.24) is 5.32 Å². The first-order valence-corrected chi connectivity index (χ1v) is 8.28. The first-order valence-electron chi connectivity index (χ1n) is 8.28. The molecule has 0 aliphatic carbocycles. The van der Waals surface area contributed by atoms with Gasteiger partial charge in [-0.1, -0.05) is 0 Å². The van der Waals surface area contributed by atoms with Gasteiger partial charge in [0, 0.05) is 12.5 Å². The third-order valence-corrected chi connectivity index (χ3v) is 4.59. The van der Waals surface area contributed by atoms with Gasteiger partial charge in [0.15, 0.2) is 0 Å². The average molecular weight is 334 g/mol. The maximum absolute atomic E-state index is 12.8. The molecule has 2 heterocycles. The molecule has 7 nitrogen and oxygen atoms in total. The molecule has 0 unspecified atom stereocenters. The lowest BCUT2D eigenvalue weighted by Gasteiger charge is -2.26. The number of ether oxygens (including phenoxy) is 2. The highest BCUT2D eigenvalue weighted by molar-refractivity contribution is 6.06. The van der Waals surface area contributed by atoms with Gasteiger partial charge in [-0.2, -0.15) is 0 Å². The van der Waals surface area contributed by atoms with Crippen LogP contribution in [0.1, 0.15) is 18.5 Å². The molecule has 2 amide bonds. The number of nitrogens with zero attached hydrogens (tertiary/aromatic N) is 1. The van der Waals surface area contributed by atoms with Gasteiger partial charge in [-0.05, 0) is 18.2 Å². The van der Waals surface area contributed by atoms with E-state index < -0.39 is 6.04 Å². The van der Waals surface area contributed by atoms with Gasteiger partial charge in [-0.15, -0.1) is 0 Å². The predicted molar refractivity (Wildman–Crippen MR) is 88.3 cm³/mol. The Labute approximate surface area is 141 Å². The molecule has 1 aromatic rings. The number of fused-ring (bicyclic) bond motifs is 1. The van der Waals surface area contributed by atoms with E-state index >= 15 is 0 Å². The molecule has 0 radical (unpaired) electrons. The van der Waals surface area contributed by atoms with E-state index in [4.69, 9.17) is 9.47 Å². The number of amides is 2. The number of anilines is 1. The summed E-state index contributed by atoms with van der Waals surface area (Å²) in [5.41, 5.74) is 1.65. The van der Waals surface area contributed by atoms with E-state index in [1.54, 1.807) is 12.0 Å². The molecule has 2 aliphatic heterocycles. The van der Waals surface area contributed by atoms with Crippen molar-refractivity contribution < 1.29 is 24.0 Å². The first kappa shape index (κ1) is 16.7. The topological polar surface area (TPSA) is 72.3 Å². The zero-order chi connectivity index (χ0) is 17.1. The second-order valence-electron chi connectivity index (χ2n) is 6.16. The van der Waals surface area contributed by atoms with Crippen LogP contribution in [0.5, 0.6) is 5.75 Å². The predicted octanol–water partition coefficient (Wildman–Crippen LogP) is -0.866. The van der Waals surface area contributed by atoms with Crippen LogP contribution < -0.4 is 19.9 Å². The summed E-state index contributed by atoms with van der Waals surface area (Å²) in [7, 11) is 1.59. The maximum Gasteiger partial charge on any atom is 0.254 e. The van der Waals surface area contributed by atoms with Gasteiger partial charge in [0.05, 0.1) is 39.1 Å². The zero-order valence-electron chi connectivity index (χ0n) is 14.1. The van der Waals surface area contributed by atoms with E-state index in [-0.39, 0.29) is 11.8 Å². The van der Waals surface area contributed by atoms with E-state index in [0.29, 0.717) is 12.3 Å². The Morgan fingerprint density at radius 3 is 2.83 bits per heavy atom. The molecule has 0 saturated carbocycles. The number of morpholine rings is 1. The molecule has 7 heteroatoms. The summed E-state index contributed by atoms with van der Waals surface area (Å²) < 4.78 is 10.6. The van der Waals surface area contributed by atoms with Crippen LogP contribution in [0.3, 0.4) is 0 Å². The van der Waals surface area contributed by atoms with Gasteiger partial charge in [-0.3, -0.25) is 9.59 Å². The van der Waals surface area contributed by atoms with Crippen molar-refractivity contribution in [3.8, 4) is 5.75 Å². The summed E-state index contributed by atoms with van der Waals surface area (Å²) in [5, 5.41) is 2.75. The fourth-order valence-electron chi connectivity index (χ4n) is 3.30. The number of quaternary nitrogens is 1. The Morgan fingerprint density at radius 1 is 1.42 bits per heavy atom. The molecule has 2 aliphatic rings. The fourth-order valence-corrected chi connectivity index (χ4v) is 3.30. The van der Waals surface area contributed by atoms with Gasteiger partial charge in [0.2, 0.25) is 5.91 Å². The highest BCUT2D eigenvalue weighted by atomic mass is 16.5. The van der Waals surface area contributed by atoms with Crippen molar-refractivity contribution in [2.24, 2.45) is 0 Å². The average Bonchev–Trinajstić information content (AvgIpc) is 2.85. The number of hydrogen-bond donors (Lipinski definition) is 2. The van der Waals surface area contributed by atoms with E-state index in [0.717, 1.165) is 44.1 Å². The minimum Gasteiger partial charge on any atom is -0.497 e. The molecule has 1 saturated heterocycles. The Morgan fingerprint density at radius 2 is 2.17 bits per heavy atom. The Balaban J connectivity index is 1.79. The number of carbonyl (C=O) groups excluding carboxylic acids is 2. The molecular formula is C17H24N3O4+. The van der Waals surface area contributed by atoms with Crippen LogP contribution in [-0.4, -0.2) is 58.3 Å². The highest BCUT2D eigenvalue weighted by Gasteiger charge is 2.38. The van der Waals surface area contributed by atoms with E-state index in [1.807, 2.05) is 18.2 Å². The van der Waals surface area contributed by atoms with E-state index in [2.05, 4.69) is 5.32 Å². The molecule has 3 rings (SSSR count). The monoisotopic (exact) mass is 334 g/mol. The molecule has 0 bridgehead atoms. The van der Waals surface area contributed by atoms with E-state index in [1.165, 1.54) is 11.8 Å². The lowest BCUT2D eigenvalue weighted by atomic mass is 10.1. The van der Waals surface area contributed by atoms with Gasteiger partial charge in [0.1, 0.15) is 24.9 Å². The SMILES string of the molecule is COc1ccc2c(c1)[C@H](NC(C)=O)C(=O)N2CC[NH+]1CCOCC1. The highest BCUT2D eigenvalue weighted by Crippen LogP contribution is 2.37. The number of methoxy groups -OCH3 is 1. The minimum absolute atomic E-state index is 0.0823. The summed E-state index contributed by atoms with van der Waals surface area (Å²) in [6.07, 6.45) is 0. The quantitative estimate of drug-likeness (QED) is 0.735. The number of benzene rings is 1. The van der Waals surface area contributed by atoms with Crippen LogP contribution in [0.25, 0.3) is 0 Å². The number of carbonyl (C=O) groups is 2. The lowest BCUT2D eigenvalue weighted by molar-refractivity contribution is -0.906. The largest absolute Gasteiger partial charge is 0.497 e. The molecule has 24 heavy (non-hydrogen) atoms. The second-order valence-corrected chi connectivity index (χ2v) is 6.16. The second kappa shape index (κ2) is 7.19. The van der Waals surface area contributed by atoms with Crippen LogP contribution in [-0.2, 0) is 14.3 Å². The zero-order valence-corrected chi connectivity index (χ0v) is 14.1. The molecule has 0 spiro atoms. The molecule has 1 fully saturated rings. The van der Waals surface area contributed by atoms with Crippen molar-refractivity contribution in [3.63, 3.8) is 0 Å². The summed E-state index contributed by atoms with van der Waals surface area (Å²) in [6.45, 7) is 6.39. The third kappa shape index (κ3) is 3.37. The van der Waals surface area contributed by atoms with Crippen molar-refractivity contribution in [3.05, 3.63) is 23.8 Å². The molecule has 1 atom stereocenters. The van der Waals surface area contributed by atoms with E-state index in [9.17, 15) is 9.59 Å². The van der Waals surface area contributed by atoms with Gasteiger partial charge in [-0.25, -0.2) is 0 Å². The molecule has 1 aromatic carbocycles. The maximum atomic E-state index is 12.8. The Kier molecular flexibility index (Phi) is 5.01. The van der Waals surface area contributed by atoms with Gasteiger partial charge >= 0.3 is 0 Å². The number of rotatable bonds is 5. The standard InChI is InChI=1S/C17H23N3O4/c1-12(21)18-16-14-11-13(23-2)3-4-15(14)20(17(16)22)6-5-19-7-9-24-10-8-19/h3-4,11,16H,5-10H2,1-2H3,(H,18,21)/p+1/t16-/m0/s1. The summed E-state index contributed by atoms with van der Waals surface area (Å²) in [4.78, 5) is 27.5. The van der Waals surface area contributed by atoms with Crippen molar-refractivity contribution in [2.45, 2.75) is 13.0 Å². The Bertz CT molecular complexity index is 628.